The van der Waals surface area contributed by atoms with Crippen LogP contribution in [0.3, 0.4) is 0 Å². The van der Waals surface area contributed by atoms with Crippen molar-refractivity contribution in [3.05, 3.63) is 0 Å². The summed E-state index contributed by atoms with van der Waals surface area (Å²) >= 11 is 0. The van der Waals surface area contributed by atoms with E-state index in [1.807, 2.05) is 55.4 Å². The first kappa shape index (κ1) is 60.4. The van der Waals surface area contributed by atoms with Gasteiger partial charge in [0.15, 0.2) is 25.3 Å². The van der Waals surface area contributed by atoms with Crippen molar-refractivity contribution in [3.8, 4) is 0 Å². The summed E-state index contributed by atoms with van der Waals surface area (Å²) in [6, 6.07) is 0. The average Bonchev–Trinajstić information content (AvgIpc) is 3.22. The van der Waals surface area contributed by atoms with Crippen molar-refractivity contribution in [1.29, 1.82) is 5.53 Å². The first-order chi connectivity index (χ1) is 30.0. The third kappa shape index (κ3) is 27.0. The molecular weight excluding hydrogens is 821 g/mol. The van der Waals surface area contributed by atoms with Crippen molar-refractivity contribution in [2.75, 3.05) is 39.5 Å². The predicted octanol–water partition coefficient (Wildman–Crippen LogP) is 11.0. The van der Waals surface area contributed by atoms with E-state index in [-0.39, 0.29) is 65.2 Å². The van der Waals surface area contributed by atoms with Crippen molar-refractivity contribution in [2.24, 2.45) is 21.7 Å². The van der Waals surface area contributed by atoms with Gasteiger partial charge < -0.3 is 28.4 Å². The predicted molar refractivity (Wildman–Crippen MR) is 246 cm³/mol. The van der Waals surface area contributed by atoms with Gasteiger partial charge in [-0.1, -0.05) is 110 Å². The molecule has 0 aliphatic carbocycles. The van der Waals surface area contributed by atoms with Crippen LogP contribution in [0.1, 0.15) is 212 Å². The number of hydrogen-bond donors (Lipinski definition) is 1. The lowest BCUT2D eigenvalue weighted by Crippen LogP contribution is -2.36. The molecule has 0 aliphatic heterocycles. The summed E-state index contributed by atoms with van der Waals surface area (Å²) in [6.45, 7) is 22.3. The SMILES string of the molecule is CCCCCC(C)(C)C(=O)OCC(COC(=O)C(C)(C)CCCCC)OC(=O)CCC[N+](=N)CCCC(=O)OC(COC(=O)C(C)(C)CCCCC)COC(=O)C(C)(C)CCCCC. The largest absolute Gasteiger partial charge is 0.461 e. The lowest BCUT2D eigenvalue weighted by atomic mass is 9.87. The van der Waals surface area contributed by atoms with Crippen LogP contribution < -0.4 is 0 Å². The van der Waals surface area contributed by atoms with Crippen LogP contribution in [0.15, 0.2) is 0 Å². The smallest absolute Gasteiger partial charge is 0.311 e. The van der Waals surface area contributed by atoms with Crippen molar-refractivity contribution in [3.63, 3.8) is 0 Å². The highest BCUT2D eigenvalue weighted by Crippen LogP contribution is 2.29. The molecule has 0 aromatic carbocycles. The topological polar surface area (TPSA) is 185 Å². The second-order valence-corrected chi connectivity index (χ2v) is 20.2. The lowest BCUT2D eigenvalue weighted by molar-refractivity contribution is -0.615. The van der Waals surface area contributed by atoms with Crippen LogP contribution in [0.5, 0.6) is 0 Å². The van der Waals surface area contributed by atoms with Gasteiger partial charge in [-0.05, 0) is 81.1 Å². The highest BCUT2D eigenvalue weighted by atomic mass is 16.6. The molecule has 0 heterocycles. The lowest BCUT2D eigenvalue weighted by Gasteiger charge is -2.26. The molecule has 1 N–H and O–H groups in total. The number of hydrogen-bond acceptors (Lipinski definition) is 13. The van der Waals surface area contributed by atoms with Crippen LogP contribution in [-0.4, -0.2) is 92.2 Å². The molecule has 0 aliphatic rings. The summed E-state index contributed by atoms with van der Waals surface area (Å²) in [4.78, 5) is 78.0. The molecule has 0 atom stereocenters. The molecule has 0 saturated heterocycles. The number of nitrogens with zero attached hydrogens (tertiary/aromatic N) is 1. The third-order valence-corrected chi connectivity index (χ3v) is 11.6. The molecule has 0 saturated carbocycles. The minimum atomic E-state index is -0.998. The maximum atomic E-state index is 13.0. The molecule has 0 spiro atoms. The summed E-state index contributed by atoms with van der Waals surface area (Å²) in [5, 5.41) is 0. The molecule has 0 aromatic rings. The number of carbonyl (C=O) groups excluding carboxylic acids is 6. The Hall–Kier alpha value is -3.58. The molecule has 372 valence electrons. The number of rotatable bonds is 38. The van der Waals surface area contributed by atoms with Gasteiger partial charge in [-0.25, -0.2) is 0 Å². The molecule has 64 heavy (non-hydrogen) atoms. The average molecular weight is 912 g/mol. The third-order valence-electron chi connectivity index (χ3n) is 11.6. The molecule has 0 aromatic heterocycles. The van der Waals surface area contributed by atoms with Gasteiger partial charge in [0.2, 0.25) is 0 Å². The zero-order chi connectivity index (χ0) is 48.8. The van der Waals surface area contributed by atoms with Crippen LogP contribution in [0, 0.1) is 27.2 Å². The Balaban J connectivity index is 5.34. The van der Waals surface area contributed by atoms with E-state index in [4.69, 9.17) is 34.0 Å². The van der Waals surface area contributed by atoms with Crippen LogP contribution in [-0.2, 0) is 57.2 Å². The molecule has 0 fully saturated rings. The fourth-order valence-corrected chi connectivity index (χ4v) is 6.79. The number of carbonyl (C=O) groups is 6. The van der Waals surface area contributed by atoms with E-state index in [1.54, 1.807) is 0 Å². The molecule has 0 unspecified atom stereocenters. The van der Waals surface area contributed by atoms with E-state index < -0.39 is 69.7 Å². The maximum absolute atomic E-state index is 13.0. The molecule has 0 rings (SSSR count). The summed E-state index contributed by atoms with van der Waals surface area (Å²) in [6.07, 6.45) is 12.7. The van der Waals surface area contributed by atoms with Crippen molar-refractivity contribution >= 4 is 35.8 Å². The van der Waals surface area contributed by atoms with Gasteiger partial charge in [0.1, 0.15) is 26.4 Å². The fraction of sp³-hybridized carbons (Fsp3) is 0.880. The van der Waals surface area contributed by atoms with E-state index >= 15 is 0 Å². The molecule has 14 heteroatoms. The van der Waals surface area contributed by atoms with E-state index in [1.165, 1.54) is 4.70 Å². The van der Waals surface area contributed by atoms with Crippen LogP contribution in [0.25, 0.3) is 0 Å². The van der Waals surface area contributed by atoms with E-state index in [9.17, 15) is 28.8 Å². The zero-order valence-corrected chi connectivity index (χ0v) is 42.4. The Morgan fingerprint density at radius 3 is 0.859 bits per heavy atom. The Morgan fingerprint density at radius 1 is 0.406 bits per heavy atom. The monoisotopic (exact) mass is 912 g/mol. The zero-order valence-electron chi connectivity index (χ0n) is 42.4. The number of ether oxygens (including phenoxy) is 6. The Morgan fingerprint density at radius 2 is 0.641 bits per heavy atom. The number of unbranched alkanes of at least 4 members (excludes halogenated alkanes) is 8. The van der Waals surface area contributed by atoms with Gasteiger partial charge in [-0.15, -0.1) is 4.70 Å². The molecular formula is C50H91N2O12+. The Bertz CT molecular complexity index is 1230. The summed E-state index contributed by atoms with van der Waals surface area (Å²) in [7, 11) is 0. The van der Waals surface area contributed by atoms with Gasteiger partial charge in [-0.3, -0.25) is 28.8 Å². The highest BCUT2D eigenvalue weighted by Gasteiger charge is 2.34. The normalized spacial score (nSPS) is 12.2. The summed E-state index contributed by atoms with van der Waals surface area (Å²) in [5.74, 6) is -2.83. The van der Waals surface area contributed by atoms with Gasteiger partial charge in [-0.2, -0.15) is 0 Å². The van der Waals surface area contributed by atoms with Gasteiger partial charge in [0.25, 0.3) is 0 Å². The van der Waals surface area contributed by atoms with E-state index in [2.05, 4.69) is 27.7 Å². The van der Waals surface area contributed by atoms with Crippen molar-refractivity contribution in [2.45, 2.75) is 224 Å². The van der Waals surface area contributed by atoms with Crippen molar-refractivity contribution < 1.29 is 61.9 Å². The minimum absolute atomic E-state index is 0.0369. The van der Waals surface area contributed by atoms with Gasteiger partial charge in [0, 0.05) is 12.8 Å². The number of nitrogens with one attached hydrogen (secondary N) is 1. The molecule has 0 amide bonds. The standard InChI is InChI=1S/C50H91N2O12/c1-13-17-21-29-47(5,6)43(55)59-35-39(36-60-44(56)48(7,8)30-22-18-14-2)63-41(53)27-25-33-52(51)34-26-28-42(54)64-40(37-61-45(57)49(9,10)31-23-19-15-3)38-62-46(58)50(11,12)32-24-20-16-4/h39-40,51H,13-38H2,1-12H3/q+1. The molecule has 14 nitrogen and oxygen atoms in total. The first-order valence-electron chi connectivity index (χ1n) is 24.5. The summed E-state index contributed by atoms with van der Waals surface area (Å²) in [5.41, 5.74) is 5.47. The second kappa shape index (κ2) is 32.2. The Labute approximate surface area is 387 Å². The maximum Gasteiger partial charge on any atom is 0.311 e. The van der Waals surface area contributed by atoms with Gasteiger partial charge >= 0.3 is 35.8 Å². The highest BCUT2D eigenvalue weighted by molar-refractivity contribution is 5.77. The fourth-order valence-electron chi connectivity index (χ4n) is 6.79. The number of esters is 6. The second-order valence-electron chi connectivity index (χ2n) is 20.2. The van der Waals surface area contributed by atoms with Gasteiger partial charge in [0.05, 0.1) is 34.5 Å². The molecule has 0 bridgehead atoms. The molecule has 0 radical (unpaired) electrons. The first-order valence-corrected chi connectivity index (χ1v) is 24.5. The Kier molecular flexibility index (Phi) is 30.4. The van der Waals surface area contributed by atoms with Crippen LogP contribution in [0.2, 0.25) is 0 Å². The van der Waals surface area contributed by atoms with Crippen LogP contribution in [0.4, 0.5) is 0 Å². The van der Waals surface area contributed by atoms with E-state index in [0.29, 0.717) is 25.7 Å². The van der Waals surface area contributed by atoms with Crippen LogP contribution >= 0.6 is 0 Å². The quantitative estimate of drug-likeness (QED) is 0.0203. The summed E-state index contributed by atoms with van der Waals surface area (Å²) < 4.78 is 35.0. The minimum Gasteiger partial charge on any atom is -0.461 e. The van der Waals surface area contributed by atoms with E-state index in [0.717, 1.165) is 77.0 Å². The van der Waals surface area contributed by atoms with Crippen molar-refractivity contribution in [1.82, 2.24) is 0 Å².